The molecule has 2 saturated carbocycles. The van der Waals surface area contributed by atoms with Gasteiger partial charge in [0.05, 0.1) is 18.3 Å². The fourth-order valence-electron chi connectivity index (χ4n) is 6.98. The number of oxime groups is 1. The minimum atomic E-state index is -1.05. The normalized spacial score (nSPS) is 24.0. The van der Waals surface area contributed by atoms with Crippen molar-refractivity contribution in [1.29, 1.82) is 0 Å². The first-order chi connectivity index (χ1) is 22.8. The quantitative estimate of drug-likeness (QED) is 0.282. The molecule has 2 aliphatic heterocycles. The van der Waals surface area contributed by atoms with Crippen molar-refractivity contribution in [2.75, 3.05) is 6.54 Å². The molecule has 2 aliphatic carbocycles. The molecule has 3 N–H and O–H groups in total. The highest BCUT2D eigenvalue weighted by molar-refractivity contribution is 6.38. The average molecular weight is 685 g/mol. The zero-order valence-corrected chi connectivity index (χ0v) is 29.2. The van der Waals surface area contributed by atoms with Crippen molar-refractivity contribution < 1.29 is 28.8 Å². The van der Waals surface area contributed by atoms with E-state index in [1.54, 1.807) is 18.3 Å². The number of pyridine rings is 1. The molecule has 1 saturated heterocycles. The molecule has 3 fully saturated rings. The first-order valence-electron chi connectivity index (χ1n) is 17.4. The van der Waals surface area contributed by atoms with E-state index in [1.165, 1.54) is 11.3 Å². The zero-order chi connectivity index (χ0) is 34.6. The van der Waals surface area contributed by atoms with Gasteiger partial charge in [0.25, 0.3) is 5.91 Å². The van der Waals surface area contributed by atoms with Crippen LogP contribution in [0.3, 0.4) is 0 Å². The molecule has 1 aromatic heterocycles. The van der Waals surface area contributed by atoms with E-state index in [-0.39, 0.29) is 43.7 Å². The van der Waals surface area contributed by atoms with Gasteiger partial charge in [0.15, 0.2) is 5.60 Å². The number of carbonyl (C=O) groups excluding carboxylic acids is 5. The van der Waals surface area contributed by atoms with Crippen LogP contribution in [-0.2, 0) is 28.8 Å². The Balaban J connectivity index is 1.38. The number of amides is 4. The molecular formula is C35H49ClN6O6. The molecule has 262 valence electrons. The van der Waals surface area contributed by atoms with Gasteiger partial charge in [-0.15, -0.1) is 0 Å². The molecule has 4 atom stereocenters. The van der Waals surface area contributed by atoms with Crippen LogP contribution in [0.1, 0.15) is 110 Å². The molecule has 3 heterocycles. The predicted molar refractivity (Wildman–Crippen MR) is 180 cm³/mol. The molecule has 12 nitrogen and oxygen atoms in total. The summed E-state index contributed by atoms with van der Waals surface area (Å²) in [6.45, 7) is 7.53. The summed E-state index contributed by atoms with van der Waals surface area (Å²) in [4.78, 5) is 79.6. The van der Waals surface area contributed by atoms with E-state index < -0.39 is 52.6 Å². The van der Waals surface area contributed by atoms with E-state index in [4.69, 9.17) is 16.4 Å². The maximum atomic E-state index is 14.5. The lowest BCUT2D eigenvalue weighted by molar-refractivity contribution is -0.145. The smallest absolute Gasteiger partial charge is 0.289 e. The van der Waals surface area contributed by atoms with E-state index in [1.807, 2.05) is 27.7 Å². The summed E-state index contributed by atoms with van der Waals surface area (Å²) in [5, 5.41) is 13.3. The Morgan fingerprint density at radius 2 is 1.81 bits per heavy atom. The number of rotatable bonds is 12. The standard InChI is InChI=1S/C35H49ClN6O6/c1-5-9-24(29(44)32(46)38-23-12-13-23)39-31(45)27-19-35(18-26(41-48-35)25-17-22(36)14-15-37-25)20-42(27)33(47)30(34(2,3)4)40-28(43)16-21-10-7-6-8-11-21/h14-15,17,21,23-24,27,30H,5-13,16,18-20H2,1-4H3,(H,38,46)(H,39,45)(H,40,43)/t24-,27-,30+,35-/m0/s1. The maximum absolute atomic E-state index is 14.5. The summed E-state index contributed by atoms with van der Waals surface area (Å²) >= 11 is 6.21. The molecule has 1 aromatic rings. The first-order valence-corrected chi connectivity index (χ1v) is 17.8. The number of nitrogens with one attached hydrogen (secondary N) is 3. The van der Waals surface area contributed by atoms with Crippen LogP contribution in [0.4, 0.5) is 0 Å². The van der Waals surface area contributed by atoms with Crippen LogP contribution in [0, 0.1) is 11.3 Å². The van der Waals surface area contributed by atoms with E-state index in [9.17, 15) is 24.0 Å². The third-order valence-corrected chi connectivity index (χ3v) is 10.0. The second-order valence-electron chi connectivity index (χ2n) is 15.1. The minimum absolute atomic E-state index is 0.00687. The van der Waals surface area contributed by atoms with Crippen molar-refractivity contribution in [2.45, 2.75) is 135 Å². The van der Waals surface area contributed by atoms with Gasteiger partial charge < -0.3 is 25.7 Å². The fourth-order valence-corrected chi connectivity index (χ4v) is 7.14. The highest BCUT2D eigenvalue weighted by atomic mass is 35.5. The molecule has 4 aliphatic rings. The van der Waals surface area contributed by atoms with Gasteiger partial charge in [0.1, 0.15) is 17.8 Å². The van der Waals surface area contributed by atoms with Crippen molar-refractivity contribution >= 4 is 46.7 Å². The van der Waals surface area contributed by atoms with E-state index in [0.717, 1.165) is 38.5 Å². The van der Waals surface area contributed by atoms with Crippen LogP contribution < -0.4 is 16.0 Å². The number of carbonyl (C=O) groups is 5. The second-order valence-corrected chi connectivity index (χ2v) is 15.5. The first kappa shape index (κ1) is 35.8. The number of aromatic nitrogens is 1. The Morgan fingerprint density at radius 1 is 1.08 bits per heavy atom. The predicted octanol–water partition coefficient (Wildman–Crippen LogP) is 3.83. The number of nitrogens with zero attached hydrogens (tertiary/aromatic N) is 3. The van der Waals surface area contributed by atoms with E-state index in [0.29, 0.717) is 29.3 Å². The van der Waals surface area contributed by atoms with Gasteiger partial charge in [-0.05, 0) is 55.6 Å². The largest absolute Gasteiger partial charge is 0.386 e. The van der Waals surface area contributed by atoms with Gasteiger partial charge in [0, 0.05) is 36.5 Å². The molecule has 5 rings (SSSR count). The average Bonchev–Trinajstić information content (AvgIpc) is 3.63. The van der Waals surface area contributed by atoms with Crippen molar-refractivity contribution in [1.82, 2.24) is 25.8 Å². The summed E-state index contributed by atoms with van der Waals surface area (Å²) in [5.74, 6) is -2.30. The van der Waals surface area contributed by atoms with Crippen LogP contribution >= 0.6 is 11.6 Å². The zero-order valence-electron chi connectivity index (χ0n) is 28.5. The number of ketones is 1. The highest BCUT2D eigenvalue weighted by Gasteiger charge is 2.56. The highest BCUT2D eigenvalue weighted by Crippen LogP contribution is 2.40. The third kappa shape index (κ3) is 8.73. The molecule has 13 heteroatoms. The number of halogens is 1. The molecular weight excluding hydrogens is 636 g/mol. The summed E-state index contributed by atoms with van der Waals surface area (Å²) in [6, 6.07) is 0.311. The van der Waals surface area contributed by atoms with Gasteiger partial charge in [-0.1, -0.05) is 70.1 Å². The molecule has 1 spiro atoms. The van der Waals surface area contributed by atoms with Crippen molar-refractivity contribution in [3.8, 4) is 0 Å². The molecule has 0 radical (unpaired) electrons. The third-order valence-electron chi connectivity index (χ3n) is 9.81. The van der Waals surface area contributed by atoms with Crippen LogP contribution in [0.25, 0.3) is 0 Å². The number of Topliss-reactive ketones (excluding diaryl/α,β-unsaturated/α-hetero) is 1. The van der Waals surface area contributed by atoms with Crippen molar-refractivity contribution in [2.24, 2.45) is 16.5 Å². The van der Waals surface area contributed by atoms with E-state index in [2.05, 4.69) is 26.1 Å². The van der Waals surface area contributed by atoms with Gasteiger partial charge in [-0.2, -0.15) is 0 Å². The molecule has 48 heavy (non-hydrogen) atoms. The Morgan fingerprint density at radius 3 is 2.46 bits per heavy atom. The van der Waals surface area contributed by atoms with Crippen LogP contribution in [0.5, 0.6) is 0 Å². The lowest BCUT2D eigenvalue weighted by Gasteiger charge is -2.36. The van der Waals surface area contributed by atoms with Gasteiger partial charge in [0.2, 0.25) is 23.5 Å². The molecule has 0 bridgehead atoms. The summed E-state index contributed by atoms with van der Waals surface area (Å²) in [6.07, 6.45) is 10.1. The lowest BCUT2D eigenvalue weighted by Crippen LogP contribution is -2.59. The molecule has 0 unspecified atom stereocenters. The summed E-state index contributed by atoms with van der Waals surface area (Å²) in [7, 11) is 0. The maximum Gasteiger partial charge on any atom is 0.289 e. The number of hydrogen-bond donors (Lipinski definition) is 3. The second kappa shape index (κ2) is 14.9. The lowest BCUT2D eigenvalue weighted by atomic mass is 9.84. The monoisotopic (exact) mass is 684 g/mol. The summed E-state index contributed by atoms with van der Waals surface area (Å²) in [5.41, 5.74) is -0.655. The van der Waals surface area contributed by atoms with Gasteiger partial charge in [-0.3, -0.25) is 29.0 Å². The van der Waals surface area contributed by atoms with Crippen molar-refractivity contribution in [3.63, 3.8) is 0 Å². The van der Waals surface area contributed by atoms with Crippen LogP contribution in [-0.4, -0.2) is 81.3 Å². The Bertz CT molecular complexity index is 1430. The summed E-state index contributed by atoms with van der Waals surface area (Å²) < 4.78 is 0. The molecule has 4 amide bonds. The molecule has 0 aromatic carbocycles. The topological polar surface area (TPSA) is 159 Å². The Kier molecular flexibility index (Phi) is 11.1. The van der Waals surface area contributed by atoms with Crippen LogP contribution in [0.2, 0.25) is 5.02 Å². The van der Waals surface area contributed by atoms with Crippen LogP contribution in [0.15, 0.2) is 23.5 Å². The number of hydrogen-bond acceptors (Lipinski definition) is 8. The van der Waals surface area contributed by atoms with Gasteiger partial charge in [-0.25, -0.2) is 0 Å². The Hall–Kier alpha value is -3.54. The Labute approximate surface area is 287 Å². The SMILES string of the molecule is CCC[C@H](NC(=O)[C@@H]1C[C@@]2(CC(c3cc(Cl)ccn3)=NO2)CN1C(=O)[C@@H](NC(=O)CC1CCCCC1)C(C)(C)C)C(=O)C(=O)NC1CC1. The van der Waals surface area contributed by atoms with Crippen molar-refractivity contribution in [3.05, 3.63) is 29.0 Å². The van der Waals surface area contributed by atoms with Gasteiger partial charge >= 0.3 is 0 Å². The van der Waals surface area contributed by atoms with E-state index >= 15 is 0 Å². The number of likely N-dealkylation sites (tertiary alicyclic amines) is 1. The fraction of sp³-hybridized carbons (Fsp3) is 0.686. The minimum Gasteiger partial charge on any atom is -0.386 e.